The van der Waals surface area contributed by atoms with Gasteiger partial charge in [0.15, 0.2) is 0 Å². The lowest BCUT2D eigenvalue weighted by Gasteiger charge is -2.18. The minimum absolute atomic E-state index is 0.525. The third kappa shape index (κ3) is 5.23. The van der Waals surface area contributed by atoms with E-state index in [2.05, 4.69) is 10.3 Å². The Kier molecular flexibility index (Phi) is 6.38. The van der Waals surface area contributed by atoms with Crippen molar-refractivity contribution in [3.8, 4) is 0 Å². The van der Waals surface area contributed by atoms with Gasteiger partial charge in [-0.2, -0.15) is 5.10 Å². The fourth-order valence-corrected chi connectivity index (χ4v) is 2.91. The summed E-state index contributed by atoms with van der Waals surface area (Å²) in [6.45, 7) is 4.46. The van der Waals surface area contributed by atoms with E-state index in [1.807, 2.05) is 20.0 Å². The Morgan fingerprint density at radius 2 is 2.09 bits per heavy atom. The highest BCUT2D eigenvalue weighted by Crippen LogP contribution is 2.25. The summed E-state index contributed by atoms with van der Waals surface area (Å²) in [6, 6.07) is 1.76. The second-order valence-corrected chi connectivity index (χ2v) is 6.15. The molecule has 0 atom stereocenters. The van der Waals surface area contributed by atoms with Crippen LogP contribution in [0, 0.1) is 19.8 Å². The van der Waals surface area contributed by atoms with Crippen molar-refractivity contribution in [2.45, 2.75) is 58.9 Å². The molecule has 0 aliphatic heterocycles. The van der Waals surface area contributed by atoms with E-state index in [4.69, 9.17) is 10.3 Å². The lowest BCUT2D eigenvalue weighted by molar-refractivity contribution is -0.108. The monoisotopic (exact) mass is 318 g/mol. The van der Waals surface area contributed by atoms with E-state index in [1.54, 1.807) is 10.7 Å². The van der Waals surface area contributed by atoms with Crippen LogP contribution in [-0.4, -0.2) is 21.2 Å². The van der Waals surface area contributed by atoms with Crippen molar-refractivity contribution in [3.63, 3.8) is 0 Å². The number of nitrogen functional groups attached to an aromatic ring is 1. The molecule has 3 rings (SSSR count). The summed E-state index contributed by atoms with van der Waals surface area (Å²) in [5.41, 5.74) is 7.48. The normalized spacial score (nSPS) is 15.0. The van der Waals surface area contributed by atoms with Gasteiger partial charge in [0.05, 0.1) is 12.2 Å². The van der Waals surface area contributed by atoms with Crippen LogP contribution in [0.25, 0.3) is 0 Å². The number of hydrogen-bond donors (Lipinski definition) is 1. The summed E-state index contributed by atoms with van der Waals surface area (Å²) in [7, 11) is 0. The minimum atomic E-state index is 0.525. The highest BCUT2D eigenvalue weighted by atomic mass is 16.5. The summed E-state index contributed by atoms with van der Waals surface area (Å²) in [6.07, 6.45) is 10.4. The van der Waals surface area contributed by atoms with E-state index < -0.39 is 0 Å². The highest BCUT2D eigenvalue weighted by molar-refractivity contribution is 5.49. The Morgan fingerprint density at radius 1 is 1.35 bits per heavy atom. The van der Waals surface area contributed by atoms with E-state index in [-0.39, 0.29) is 0 Å². The second kappa shape index (κ2) is 8.50. The summed E-state index contributed by atoms with van der Waals surface area (Å²) >= 11 is 0. The predicted molar refractivity (Wildman–Crippen MR) is 89.0 cm³/mol. The number of hydrogen-bond acceptors (Lipinski definition) is 5. The standard InChI is InChI=1S/C9H12N4O.C8H14O/c1-6-8(7(2)14-12-6)5-13-4-3-9(10)11-13;9-7-6-8-4-2-1-3-5-8/h3-4H,5H2,1-2H3,(H2,10,11);7-8H,1-6H2. The zero-order chi connectivity index (χ0) is 16.7. The smallest absolute Gasteiger partial charge is 0.145 e. The van der Waals surface area contributed by atoms with E-state index in [0.717, 1.165) is 35.6 Å². The molecule has 2 aromatic rings. The Morgan fingerprint density at radius 3 is 2.61 bits per heavy atom. The van der Waals surface area contributed by atoms with Crippen LogP contribution in [0.4, 0.5) is 5.82 Å². The van der Waals surface area contributed by atoms with Crippen LogP contribution in [0.2, 0.25) is 0 Å². The van der Waals surface area contributed by atoms with Crippen LogP contribution in [-0.2, 0) is 11.3 Å². The second-order valence-electron chi connectivity index (χ2n) is 6.15. The number of aldehydes is 1. The average molecular weight is 318 g/mol. The number of anilines is 1. The molecular formula is C17H26N4O2. The lowest BCUT2D eigenvalue weighted by atomic mass is 9.87. The van der Waals surface area contributed by atoms with Gasteiger partial charge in [-0.15, -0.1) is 0 Å². The first-order valence-corrected chi connectivity index (χ1v) is 8.24. The van der Waals surface area contributed by atoms with E-state index in [1.165, 1.54) is 32.1 Å². The van der Waals surface area contributed by atoms with Gasteiger partial charge in [-0.05, 0) is 25.8 Å². The molecule has 1 aliphatic carbocycles. The van der Waals surface area contributed by atoms with Crippen LogP contribution in [0.15, 0.2) is 16.8 Å². The third-order valence-electron chi connectivity index (χ3n) is 4.32. The summed E-state index contributed by atoms with van der Waals surface area (Å²) < 4.78 is 6.82. The van der Waals surface area contributed by atoms with Gasteiger partial charge >= 0.3 is 0 Å². The Labute approximate surface area is 137 Å². The van der Waals surface area contributed by atoms with Crippen LogP contribution < -0.4 is 5.73 Å². The number of nitrogens with zero attached hydrogens (tertiary/aromatic N) is 3. The molecule has 0 saturated heterocycles. The van der Waals surface area contributed by atoms with Crippen molar-refractivity contribution in [2.75, 3.05) is 5.73 Å². The number of carbonyl (C=O) groups excluding carboxylic acids is 1. The molecule has 0 spiro atoms. The van der Waals surface area contributed by atoms with Gasteiger partial charge < -0.3 is 15.1 Å². The predicted octanol–water partition coefficient (Wildman–Crippen LogP) is 3.27. The van der Waals surface area contributed by atoms with E-state index in [9.17, 15) is 4.79 Å². The first-order chi connectivity index (χ1) is 11.1. The molecule has 1 saturated carbocycles. The molecule has 2 aromatic heterocycles. The molecule has 0 aromatic carbocycles. The zero-order valence-electron chi connectivity index (χ0n) is 14.0. The third-order valence-corrected chi connectivity index (χ3v) is 4.32. The minimum Gasteiger partial charge on any atom is -0.382 e. The summed E-state index contributed by atoms with van der Waals surface area (Å²) in [4.78, 5) is 10.1. The number of nitrogens with two attached hydrogens (primary N) is 1. The number of carbonyl (C=O) groups is 1. The molecule has 23 heavy (non-hydrogen) atoms. The molecule has 0 radical (unpaired) electrons. The van der Waals surface area contributed by atoms with Gasteiger partial charge in [-0.1, -0.05) is 37.3 Å². The fraction of sp³-hybridized carbons (Fsp3) is 0.588. The highest BCUT2D eigenvalue weighted by Gasteiger charge is 2.11. The molecule has 1 aliphatic rings. The first kappa shape index (κ1) is 17.2. The molecule has 126 valence electrons. The number of aryl methyl sites for hydroxylation is 2. The zero-order valence-corrected chi connectivity index (χ0v) is 14.0. The quantitative estimate of drug-likeness (QED) is 0.874. The summed E-state index contributed by atoms with van der Waals surface area (Å²) in [5, 5.41) is 7.96. The maximum absolute atomic E-state index is 10.1. The topological polar surface area (TPSA) is 86.9 Å². The molecule has 2 N–H and O–H groups in total. The van der Waals surface area contributed by atoms with Crippen molar-refractivity contribution in [1.29, 1.82) is 0 Å². The van der Waals surface area contributed by atoms with E-state index >= 15 is 0 Å². The molecule has 2 heterocycles. The van der Waals surface area contributed by atoms with Gasteiger partial charge in [0.1, 0.15) is 17.9 Å². The molecular weight excluding hydrogens is 292 g/mol. The van der Waals surface area contributed by atoms with Crippen LogP contribution in [0.3, 0.4) is 0 Å². The molecule has 0 unspecified atom stereocenters. The SMILES string of the molecule is Cc1noc(C)c1Cn1ccc(N)n1.O=CCC1CCCCC1. The fourth-order valence-electron chi connectivity index (χ4n) is 2.91. The molecule has 0 amide bonds. The average Bonchev–Trinajstić information content (AvgIpc) is 3.10. The van der Waals surface area contributed by atoms with E-state index in [0.29, 0.717) is 12.4 Å². The van der Waals surface area contributed by atoms with Crippen LogP contribution >= 0.6 is 0 Å². The van der Waals surface area contributed by atoms with Crippen LogP contribution in [0.5, 0.6) is 0 Å². The Hall–Kier alpha value is -2.11. The first-order valence-electron chi connectivity index (χ1n) is 8.24. The summed E-state index contributed by atoms with van der Waals surface area (Å²) in [5.74, 6) is 2.09. The largest absolute Gasteiger partial charge is 0.382 e. The molecule has 6 heteroatoms. The maximum Gasteiger partial charge on any atom is 0.145 e. The van der Waals surface area contributed by atoms with Crippen molar-refractivity contribution in [1.82, 2.24) is 14.9 Å². The van der Waals surface area contributed by atoms with Gasteiger partial charge in [0.25, 0.3) is 0 Å². The Bertz CT molecular complexity index is 592. The van der Waals surface area contributed by atoms with Gasteiger partial charge in [0.2, 0.25) is 0 Å². The molecule has 0 bridgehead atoms. The van der Waals surface area contributed by atoms with Crippen LogP contribution in [0.1, 0.15) is 55.5 Å². The Balaban J connectivity index is 0.000000185. The molecule has 1 fully saturated rings. The number of aromatic nitrogens is 3. The van der Waals surface area contributed by atoms with Crippen molar-refractivity contribution in [2.24, 2.45) is 5.92 Å². The van der Waals surface area contributed by atoms with Crippen molar-refractivity contribution in [3.05, 3.63) is 29.3 Å². The van der Waals surface area contributed by atoms with Crippen molar-refractivity contribution >= 4 is 12.1 Å². The van der Waals surface area contributed by atoms with Gasteiger partial charge in [-0.3, -0.25) is 4.68 Å². The molecule has 6 nitrogen and oxygen atoms in total. The number of rotatable bonds is 4. The van der Waals surface area contributed by atoms with Gasteiger partial charge in [0, 0.05) is 18.2 Å². The van der Waals surface area contributed by atoms with Crippen molar-refractivity contribution < 1.29 is 9.32 Å². The van der Waals surface area contributed by atoms with Gasteiger partial charge in [-0.25, -0.2) is 0 Å². The maximum atomic E-state index is 10.1. The lowest BCUT2D eigenvalue weighted by Crippen LogP contribution is -2.05.